The average molecular weight is 683 g/mol. The number of benzene rings is 11. The summed E-state index contributed by atoms with van der Waals surface area (Å²) in [5, 5.41) is 15.3. The van der Waals surface area contributed by atoms with E-state index in [9.17, 15) is 0 Å². The predicted octanol–water partition coefficient (Wildman–Crippen LogP) is 15.3. The molecule has 0 aromatic heterocycles. The van der Waals surface area contributed by atoms with Crippen molar-refractivity contribution in [2.75, 3.05) is 0 Å². The average Bonchev–Trinajstić information content (AvgIpc) is 3.25. The van der Waals surface area contributed by atoms with Crippen molar-refractivity contribution >= 4 is 64.6 Å². The minimum Gasteiger partial charge on any atom is -0.0616 e. The summed E-state index contributed by atoms with van der Waals surface area (Å²) in [4.78, 5) is 0. The van der Waals surface area contributed by atoms with Crippen LogP contribution in [0.25, 0.3) is 109 Å². The van der Waals surface area contributed by atoms with Crippen LogP contribution < -0.4 is 0 Å². The van der Waals surface area contributed by atoms with Crippen molar-refractivity contribution in [2.24, 2.45) is 0 Å². The van der Waals surface area contributed by atoms with Crippen molar-refractivity contribution in [3.05, 3.63) is 206 Å². The van der Waals surface area contributed by atoms with Gasteiger partial charge >= 0.3 is 0 Å². The molecule has 0 aliphatic rings. The molecule has 0 radical (unpaired) electrons. The van der Waals surface area contributed by atoms with Gasteiger partial charge in [0, 0.05) is 0 Å². The highest BCUT2D eigenvalue weighted by Gasteiger charge is 2.12. The Labute approximate surface area is 314 Å². The number of rotatable bonds is 4. The van der Waals surface area contributed by atoms with E-state index < -0.39 is 0 Å². The molecule has 250 valence electrons. The van der Waals surface area contributed by atoms with Gasteiger partial charge in [0.1, 0.15) is 0 Å². The summed E-state index contributed by atoms with van der Waals surface area (Å²) in [6.07, 6.45) is 0. The third-order valence-electron chi connectivity index (χ3n) is 11.4. The topological polar surface area (TPSA) is 0 Å². The molecule has 0 aliphatic heterocycles. The molecule has 0 spiro atoms. The molecule has 0 atom stereocenters. The van der Waals surface area contributed by atoms with E-state index >= 15 is 0 Å². The quantitative estimate of drug-likeness (QED) is 0.162. The lowest BCUT2D eigenvalue weighted by atomic mass is 9.91. The molecule has 11 aromatic rings. The summed E-state index contributed by atoms with van der Waals surface area (Å²) in [6, 6.07) is 76.1. The summed E-state index contributed by atoms with van der Waals surface area (Å²) in [7, 11) is 0. The van der Waals surface area contributed by atoms with Crippen molar-refractivity contribution in [1.82, 2.24) is 0 Å². The van der Waals surface area contributed by atoms with Gasteiger partial charge in [-0.05, 0) is 152 Å². The Morgan fingerprint density at radius 3 is 0.981 bits per heavy atom. The standard InChI is InChI=1S/C54H34/c1-3-14-47-44(10-1)33-53(51-18-7-5-16-49(47)51)43-13-9-12-35(31-43)36-20-21-38-29-39(23-22-37(38)28-36)40-24-25-42-32-46(27-26-41(42)30-40)54-34-45-11-2-4-15-48(45)50-17-6-8-19-52(50)54/h1-34H. The van der Waals surface area contributed by atoms with Crippen LogP contribution >= 0.6 is 0 Å². The highest BCUT2D eigenvalue weighted by Crippen LogP contribution is 2.39. The Hall–Kier alpha value is -7.02. The van der Waals surface area contributed by atoms with Gasteiger partial charge in [-0.3, -0.25) is 0 Å². The van der Waals surface area contributed by atoms with Crippen LogP contribution in [0.3, 0.4) is 0 Å². The largest absolute Gasteiger partial charge is 0.0616 e. The first kappa shape index (κ1) is 30.6. The summed E-state index contributed by atoms with van der Waals surface area (Å²) >= 11 is 0. The second-order valence-corrected chi connectivity index (χ2v) is 14.5. The van der Waals surface area contributed by atoms with Crippen LogP contribution in [0.15, 0.2) is 206 Å². The zero-order valence-corrected chi connectivity index (χ0v) is 29.6. The maximum Gasteiger partial charge on any atom is -0.00988 e. The van der Waals surface area contributed by atoms with Gasteiger partial charge < -0.3 is 0 Å². The molecule has 0 N–H and O–H groups in total. The third kappa shape index (κ3) is 5.07. The van der Waals surface area contributed by atoms with E-state index in [1.807, 2.05) is 0 Å². The molecule has 0 heterocycles. The summed E-state index contributed by atoms with van der Waals surface area (Å²) < 4.78 is 0. The normalized spacial score (nSPS) is 11.7. The first-order chi connectivity index (χ1) is 26.7. The molecule has 0 bridgehead atoms. The molecule has 11 rings (SSSR count). The number of hydrogen-bond acceptors (Lipinski definition) is 0. The second-order valence-electron chi connectivity index (χ2n) is 14.5. The van der Waals surface area contributed by atoms with Gasteiger partial charge in [-0.2, -0.15) is 0 Å². The SMILES string of the molecule is c1cc(-c2ccc3cc(-c4ccc5cc(-c6cc7ccccc7c7ccccc67)ccc5c4)ccc3c2)cc(-c2cc3ccccc3c3ccccc23)c1. The fourth-order valence-corrected chi connectivity index (χ4v) is 8.65. The number of fused-ring (bicyclic) bond motifs is 8. The Balaban J connectivity index is 0.923. The first-order valence-electron chi connectivity index (χ1n) is 18.7. The van der Waals surface area contributed by atoms with Crippen molar-refractivity contribution in [2.45, 2.75) is 0 Å². The van der Waals surface area contributed by atoms with Gasteiger partial charge in [0.25, 0.3) is 0 Å². The van der Waals surface area contributed by atoms with Crippen LogP contribution in [0, 0.1) is 0 Å². The van der Waals surface area contributed by atoms with E-state index in [0.29, 0.717) is 0 Å². The lowest BCUT2D eigenvalue weighted by Crippen LogP contribution is -1.86. The molecule has 0 saturated carbocycles. The van der Waals surface area contributed by atoms with Crippen molar-refractivity contribution in [3.8, 4) is 44.5 Å². The third-order valence-corrected chi connectivity index (χ3v) is 11.4. The van der Waals surface area contributed by atoms with Crippen LogP contribution in [0.2, 0.25) is 0 Å². The minimum atomic E-state index is 1.22. The molecule has 0 aliphatic carbocycles. The molecule has 54 heavy (non-hydrogen) atoms. The molecule has 11 aromatic carbocycles. The summed E-state index contributed by atoms with van der Waals surface area (Å²) in [6.45, 7) is 0. The van der Waals surface area contributed by atoms with E-state index in [4.69, 9.17) is 0 Å². The molecule has 0 unspecified atom stereocenters. The fourth-order valence-electron chi connectivity index (χ4n) is 8.65. The van der Waals surface area contributed by atoms with E-state index in [1.165, 1.54) is 109 Å². The Bertz CT molecular complexity index is 3270. The minimum absolute atomic E-state index is 1.22. The van der Waals surface area contributed by atoms with Crippen molar-refractivity contribution in [3.63, 3.8) is 0 Å². The maximum atomic E-state index is 2.34. The lowest BCUT2D eigenvalue weighted by molar-refractivity contribution is 1.62. The zero-order valence-electron chi connectivity index (χ0n) is 29.6. The monoisotopic (exact) mass is 682 g/mol. The molecular formula is C54H34. The maximum absolute atomic E-state index is 2.34. The van der Waals surface area contributed by atoms with Gasteiger partial charge in [-0.15, -0.1) is 0 Å². The predicted molar refractivity (Wildman–Crippen MR) is 233 cm³/mol. The Morgan fingerprint density at radius 1 is 0.167 bits per heavy atom. The molecule has 0 heteroatoms. The Kier molecular flexibility index (Phi) is 6.97. The summed E-state index contributed by atoms with van der Waals surface area (Å²) in [5.41, 5.74) is 9.93. The van der Waals surface area contributed by atoms with Crippen LogP contribution in [0.1, 0.15) is 0 Å². The van der Waals surface area contributed by atoms with E-state index in [0.717, 1.165) is 0 Å². The van der Waals surface area contributed by atoms with Gasteiger partial charge in [0.05, 0.1) is 0 Å². The van der Waals surface area contributed by atoms with Gasteiger partial charge in [-0.25, -0.2) is 0 Å². The molecule has 0 saturated heterocycles. The van der Waals surface area contributed by atoms with Crippen LogP contribution in [0.5, 0.6) is 0 Å². The molecule has 0 fully saturated rings. The van der Waals surface area contributed by atoms with Gasteiger partial charge in [0.15, 0.2) is 0 Å². The van der Waals surface area contributed by atoms with Gasteiger partial charge in [-0.1, -0.05) is 164 Å². The lowest BCUT2D eigenvalue weighted by Gasteiger charge is -2.13. The summed E-state index contributed by atoms with van der Waals surface area (Å²) in [5.74, 6) is 0. The van der Waals surface area contributed by atoms with E-state index in [1.54, 1.807) is 0 Å². The first-order valence-corrected chi connectivity index (χ1v) is 18.7. The zero-order chi connectivity index (χ0) is 35.6. The van der Waals surface area contributed by atoms with Gasteiger partial charge in [0.2, 0.25) is 0 Å². The van der Waals surface area contributed by atoms with Crippen molar-refractivity contribution in [1.29, 1.82) is 0 Å². The molecule has 0 amide bonds. The second kappa shape index (κ2) is 12.3. The van der Waals surface area contributed by atoms with Crippen molar-refractivity contribution < 1.29 is 0 Å². The van der Waals surface area contributed by atoms with E-state index in [-0.39, 0.29) is 0 Å². The highest BCUT2D eigenvalue weighted by molar-refractivity contribution is 6.15. The highest BCUT2D eigenvalue weighted by atomic mass is 14.2. The van der Waals surface area contributed by atoms with Crippen LogP contribution in [0.4, 0.5) is 0 Å². The Morgan fingerprint density at radius 2 is 0.500 bits per heavy atom. The molecule has 0 nitrogen and oxygen atoms in total. The fraction of sp³-hybridized carbons (Fsp3) is 0. The van der Waals surface area contributed by atoms with Crippen LogP contribution in [-0.4, -0.2) is 0 Å². The molecular weight excluding hydrogens is 649 g/mol. The van der Waals surface area contributed by atoms with E-state index in [2.05, 4.69) is 206 Å². The van der Waals surface area contributed by atoms with Crippen LogP contribution in [-0.2, 0) is 0 Å². The smallest absolute Gasteiger partial charge is 0.00988 e. The number of hydrogen-bond donors (Lipinski definition) is 0.